The van der Waals surface area contributed by atoms with E-state index in [0.717, 1.165) is 5.75 Å². The van der Waals surface area contributed by atoms with Crippen LogP contribution in [0.15, 0.2) is 84.9 Å². The zero-order chi connectivity index (χ0) is 18.9. The fourth-order valence-corrected chi connectivity index (χ4v) is 2.27. The van der Waals surface area contributed by atoms with E-state index in [1.165, 1.54) is 0 Å². The first-order valence-corrected chi connectivity index (χ1v) is 8.40. The summed E-state index contributed by atoms with van der Waals surface area (Å²) in [6, 6.07) is 24.9. The minimum absolute atomic E-state index is 0.258. The Balaban J connectivity index is 1.43. The van der Waals surface area contributed by atoms with Crippen LogP contribution in [0.2, 0.25) is 0 Å². The molecule has 0 amide bonds. The van der Waals surface area contributed by atoms with Crippen molar-refractivity contribution in [2.24, 2.45) is 0 Å². The van der Waals surface area contributed by atoms with Crippen molar-refractivity contribution in [2.75, 3.05) is 13.2 Å². The first-order valence-electron chi connectivity index (χ1n) is 8.40. The molecule has 0 unspecified atom stereocenters. The summed E-state index contributed by atoms with van der Waals surface area (Å²) in [6.45, 7) is -0.586. The molecule has 0 saturated heterocycles. The number of benzene rings is 3. The van der Waals surface area contributed by atoms with Gasteiger partial charge in [0.1, 0.15) is 17.2 Å². The van der Waals surface area contributed by atoms with E-state index >= 15 is 0 Å². The van der Waals surface area contributed by atoms with Crippen LogP contribution in [-0.4, -0.2) is 25.0 Å². The van der Waals surface area contributed by atoms with Gasteiger partial charge < -0.3 is 14.2 Å². The lowest BCUT2D eigenvalue weighted by atomic mass is 10.1. The summed E-state index contributed by atoms with van der Waals surface area (Å²) in [5, 5.41) is 0. The van der Waals surface area contributed by atoms with Gasteiger partial charge in [0.25, 0.3) is 0 Å². The molecule has 0 atom stereocenters. The molecule has 0 aromatic heterocycles. The Morgan fingerprint density at radius 3 is 1.85 bits per heavy atom. The number of para-hydroxylation sites is 1. The highest BCUT2D eigenvalue weighted by atomic mass is 16.6. The number of hydrogen-bond donors (Lipinski definition) is 0. The highest BCUT2D eigenvalue weighted by Crippen LogP contribution is 2.23. The van der Waals surface area contributed by atoms with Gasteiger partial charge in [-0.1, -0.05) is 48.5 Å². The highest BCUT2D eigenvalue weighted by Gasteiger charge is 2.10. The van der Waals surface area contributed by atoms with Crippen molar-refractivity contribution in [3.63, 3.8) is 0 Å². The lowest BCUT2D eigenvalue weighted by Gasteiger charge is -2.08. The average molecular weight is 362 g/mol. The van der Waals surface area contributed by atoms with E-state index in [4.69, 9.17) is 14.2 Å². The lowest BCUT2D eigenvalue weighted by molar-refractivity contribution is -0.144. The summed E-state index contributed by atoms with van der Waals surface area (Å²) in [7, 11) is 0. The Labute approximate surface area is 157 Å². The van der Waals surface area contributed by atoms with Gasteiger partial charge in [0.2, 0.25) is 0 Å². The number of Topliss-reactive ketones (excluding diaryl/α,β-unsaturated/α-hetero) is 1. The van der Waals surface area contributed by atoms with E-state index in [2.05, 4.69) is 0 Å². The summed E-state index contributed by atoms with van der Waals surface area (Å²) in [5.74, 6) is 1.03. The average Bonchev–Trinajstić information content (AvgIpc) is 2.73. The lowest BCUT2D eigenvalue weighted by Crippen LogP contribution is -2.19. The molecule has 5 heteroatoms. The largest absolute Gasteiger partial charge is 0.482 e. The second-order valence-corrected chi connectivity index (χ2v) is 5.63. The van der Waals surface area contributed by atoms with Crippen molar-refractivity contribution in [1.82, 2.24) is 0 Å². The number of carbonyl (C=O) groups is 2. The molecule has 27 heavy (non-hydrogen) atoms. The van der Waals surface area contributed by atoms with Gasteiger partial charge in [0.15, 0.2) is 19.0 Å². The second kappa shape index (κ2) is 9.20. The van der Waals surface area contributed by atoms with Crippen molar-refractivity contribution in [1.29, 1.82) is 0 Å². The van der Waals surface area contributed by atoms with Gasteiger partial charge in [-0.15, -0.1) is 0 Å². The Kier molecular flexibility index (Phi) is 6.20. The third-order valence-electron chi connectivity index (χ3n) is 3.62. The maximum absolute atomic E-state index is 11.9. The van der Waals surface area contributed by atoms with E-state index in [9.17, 15) is 9.59 Å². The summed E-state index contributed by atoms with van der Waals surface area (Å²) >= 11 is 0. The third kappa shape index (κ3) is 5.71. The van der Waals surface area contributed by atoms with Crippen molar-refractivity contribution in [3.8, 4) is 17.2 Å². The molecule has 0 saturated carbocycles. The van der Waals surface area contributed by atoms with Crippen molar-refractivity contribution < 1.29 is 23.8 Å². The van der Waals surface area contributed by atoms with Gasteiger partial charge in [0, 0.05) is 5.56 Å². The smallest absolute Gasteiger partial charge is 0.344 e. The standard InChI is InChI=1S/C22H18O5/c23-21(17-7-3-1-4-8-17)15-26-22(24)16-25-18-11-13-20(14-12-18)27-19-9-5-2-6-10-19/h1-14H,15-16H2. The normalized spacial score (nSPS) is 10.1. The zero-order valence-corrected chi connectivity index (χ0v) is 14.5. The van der Waals surface area contributed by atoms with Crippen LogP contribution in [0.3, 0.4) is 0 Å². The molecule has 3 aromatic rings. The molecule has 0 spiro atoms. The quantitative estimate of drug-likeness (QED) is 0.442. The molecule has 0 bridgehead atoms. The van der Waals surface area contributed by atoms with E-state index in [1.807, 2.05) is 36.4 Å². The highest BCUT2D eigenvalue weighted by molar-refractivity contribution is 5.97. The van der Waals surface area contributed by atoms with Crippen LogP contribution in [-0.2, 0) is 9.53 Å². The number of ketones is 1. The van der Waals surface area contributed by atoms with Crippen molar-refractivity contribution in [3.05, 3.63) is 90.5 Å². The van der Waals surface area contributed by atoms with Crippen LogP contribution in [0.25, 0.3) is 0 Å². The molecular weight excluding hydrogens is 344 g/mol. The summed E-state index contributed by atoms with van der Waals surface area (Å²) in [5.41, 5.74) is 0.500. The van der Waals surface area contributed by atoms with Crippen LogP contribution in [0.5, 0.6) is 17.2 Å². The summed E-state index contributed by atoms with van der Waals surface area (Å²) < 4.78 is 16.0. The Hall–Kier alpha value is -3.60. The molecular formula is C22H18O5. The molecule has 0 aliphatic carbocycles. The Bertz CT molecular complexity index is 874. The molecule has 0 N–H and O–H groups in total. The van der Waals surface area contributed by atoms with Gasteiger partial charge in [0.05, 0.1) is 0 Å². The number of carbonyl (C=O) groups excluding carboxylic acids is 2. The van der Waals surface area contributed by atoms with Crippen molar-refractivity contribution >= 4 is 11.8 Å². The Morgan fingerprint density at radius 1 is 0.630 bits per heavy atom. The second-order valence-electron chi connectivity index (χ2n) is 5.63. The Morgan fingerprint density at radius 2 is 1.19 bits per heavy atom. The van der Waals surface area contributed by atoms with Gasteiger partial charge >= 0.3 is 5.97 Å². The fourth-order valence-electron chi connectivity index (χ4n) is 2.27. The van der Waals surface area contributed by atoms with Crippen LogP contribution in [0, 0.1) is 0 Å². The number of hydrogen-bond acceptors (Lipinski definition) is 5. The molecule has 3 aromatic carbocycles. The fraction of sp³-hybridized carbons (Fsp3) is 0.0909. The minimum Gasteiger partial charge on any atom is -0.482 e. The first kappa shape index (κ1) is 18.2. The maximum atomic E-state index is 11.9. The summed E-state index contributed by atoms with van der Waals surface area (Å²) in [6.07, 6.45) is 0. The molecule has 136 valence electrons. The van der Waals surface area contributed by atoms with Gasteiger partial charge in [-0.25, -0.2) is 4.79 Å². The molecule has 0 aliphatic heterocycles. The zero-order valence-electron chi connectivity index (χ0n) is 14.5. The monoisotopic (exact) mass is 362 g/mol. The van der Waals surface area contributed by atoms with Crippen molar-refractivity contribution in [2.45, 2.75) is 0 Å². The van der Waals surface area contributed by atoms with E-state index in [-0.39, 0.29) is 19.0 Å². The third-order valence-corrected chi connectivity index (χ3v) is 3.62. The maximum Gasteiger partial charge on any atom is 0.344 e. The van der Waals surface area contributed by atoms with Crippen LogP contribution < -0.4 is 9.47 Å². The number of ether oxygens (including phenoxy) is 3. The van der Waals surface area contributed by atoms with E-state index in [1.54, 1.807) is 48.5 Å². The predicted octanol–water partition coefficient (Wildman–Crippen LogP) is 4.28. The number of rotatable bonds is 8. The molecule has 3 rings (SSSR count). The SMILES string of the molecule is O=C(COc1ccc(Oc2ccccc2)cc1)OCC(=O)c1ccccc1. The molecule has 5 nitrogen and oxygen atoms in total. The van der Waals surface area contributed by atoms with Crippen LogP contribution in [0.1, 0.15) is 10.4 Å². The summed E-state index contributed by atoms with van der Waals surface area (Å²) in [4.78, 5) is 23.6. The van der Waals surface area contributed by atoms with E-state index in [0.29, 0.717) is 17.1 Å². The van der Waals surface area contributed by atoms with Crippen LogP contribution >= 0.6 is 0 Å². The first-order chi connectivity index (χ1) is 13.2. The van der Waals surface area contributed by atoms with E-state index < -0.39 is 5.97 Å². The molecule has 0 radical (unpaired) electrons. The topological polar surface area (TPSA) is 61.8 Å². The van der Waals surface area contributed by atoms with Crippen LogP contribution in [0.4, 0.5) is 0 Å². The van der Waals surface area contributed by atoms with Gasteiger partial charge in [-0.3, -0.25) is 4.79 Å². The minimum atomic E-state index is -0.608. The molecule has 0 aliphatic rings. The number of esters is 1. The molecule has 0 fully saturated rings. The predicted molar refractivity (Wildman–Crippen MR) is 100 cm³/mol. The molecule has 0 heterocycles. The van der Waals surface area contributed by atoms with Gasteiger partial charge in [-0.2, -0.15) is 0 Å². The van der Waals surface area contributed by atoms with Gasteiger partial charge in [-0.05, 0) is 36.4 Å².